The first-order valence-electron chi connectivity index (χ1n) is 13.3. The standard InChI is InChI=1S/C28H39FO7/c1-13-9-18-17-6-5-15-10-19(32)16(25-24(35)23(34)22(33)20(12-30)36-25)11-27(15,4)28(17,29)8-7-26(18,3)21(13)14(2)31/h10-11,13,17-18,20-25,30,33-35H,5-9,12H2,1-4H3/t13?,17-,18-,20+,21+,22-,23-,24+,25?,26-,27-,28?/m0/s1. The van der Waals surface area contributed by atoms with Crippen LogP contribution in [0.5, 0.6) is 0 Å². The summed E-state index contributed by atoms with van der Waals surface area (Å²) in [6.07, 6.45) is -1.33. The number of aliphatic hydroxyl groups is 4. The summed E-state index contributed by atoms with van der Waals surface area (Å²) in [5.74, 6) is -0.344. The molecule has 1 saturated heterocycles. The van der Waals surface area contributed by atoms with Crippen molar-refractivity contribution in [3.63, 3.8) is 0 Å². The number of hydrogen-bond donors (Lipinski definition) is 4. The van der Waals surface area contributed by atoms with Crippen LogP contribution >= 0.6 is 0 Å². The van der Waals surface area contributed by atoms with Gasteiger partial charge in [0.25, 0.3) is 0 Å². The van der Waals surface area contributed by atoms with Gasteiger partial charge in [-0.3, -0.25) is 9.59 Å². The van der Waals surface area contributed by atoms with Crippen molar-refractivity contribution in [2.24, 2.45) is 34.5 Å². The summed E-state index contributed by atoms with van der Waals surface area (Å²) in [4.78, 5) is 25.8. The van der Waals surface area contributed by atoms with Crippen LogP contribution in [0, 0.1) is 34.5 Å². The van der Waals surface area contributed by atoms with Crippen molar-refractivity contribution in [1.82, 2.24) is 0 Å². The lowest BCUT2D eigenvalue weighted by atomic mass is 9.45. The van der Waals surface area contributed by atoms with E-state index in [0.717, 1.165) is 12.0 Å². The van der Waals surface area contributed by atoms with Crippen LogP contribution in [0.15, 0.2) is 23.3 Å². The number of fused-ring (bicyclic) bond motifs is 5. The Bertz CT molecular complexity index is 1020. The number of allylic oxidation sites excluding steroid dienone is 3. The molecule has 0 aromatic heterocycles. The molecule has 3 saturated carbocycles. The van der Waals surface area contributed by atoms with Gasteiger partial charge in [-0.15, -0.1) is 0 Å². The zero-order valence-corrected chi connectivity index (χ0v) is 21.5. The topological polar surface area (TPSA) is 124 Å². The molecule has 0 radical (unpaired) electrons. The molecule has 7 nitrogen and oxygen atoms in total. The van der Waals surface area contributed by atoms with Crippen molar-refractivity contribution in [3.05, 3.63) is 23.3 Å². The number of carbonyl (C=O) groups is 2. The average Bonchev–Trinajstić information content (AvgIpc) is 3.09. The third kappa shape index (κ3) is 3.34. The highest BCUT2D eigenvalue weighted by molar-refractivity contribution is 6.07. The second-order valence-electron chi connectivity index (χ2n) is 12.5. The highest BCUT2D eigenvalue weighted by atomic mass is 19.1. The van der Waals surface area contributed by atoms with Gasteiger partial charge in [-0.25, -0.2) is 4.39 Å². The molecule has 5 aliphatic rings. The molecule has 4 fully saturated rings. The first kappa shape index (κ1) is 26.2. The molecule has 36 heavy (non-hydrogen) atoms. The monoisotopic (exact) mass is 506 g/mol. The summed E-state index contributed by atoms with van der Waals surface area (Å²) in [5, 5.41) is 40.7. The van der Waals surface area contributed by atoms with Crippen molar-refractivity contribution in [2.45, 2.75) is 96.0 Å². The molecule has 5 rings (SSSR count). The zero-order chi connectivity index (χ0) is 26.4. The van der Waals surface area contributed by atoms with Crippen LogP contribution in [0.25, 0.3) is 0 Å². The Morgan fingerprint density at radius 1 is 1.14 bits per heavy atom. The van der Waals surface area contributed by atoms with Gasteiger partial charge in [0.05, 0.1) is 6.61 Å². The fourth-order valence-corrected chi connectivity index (χ4v) is 9.02. The van der Waals surface area contributed by atoms with E-state index in [9.17, 15) is 30.0 Å². The number of Topliss-reactive ketones (excluding diaryl/α,β-unsaturated/α-hetero) is 1. The Morgan fingerprint density at radius 2 is 1.83 bits per heavy atom. The van der Waals surface area contributed by atoms with Gasteiger partial charge in [-0.05, 0) is 75.2 Å². The van der Waals surface area contributed by atoms with E-state index in [-0.39, 0.29) is 46.9 Å². The van der Waals surface area contributed by atoms with E-state index in [1.165, 1.54) is 6.08 Å². The molecule has 0 amide bonds. The Kier molecular flexibility index (Phi) is 6.20. The average molecular weight is 507 g/mol. The third-order valence-corrected chi connectivity index (χ3v) is 10.8. The van der Waals surface area contributed by atoms with Crippen LogP contribution in [-0.4, -0.2) is 74.8 Å². The van der Waals surface area contributed by atoms with E-state index in [0.29, 0.717) is 19.3 Å². The molecule has 1 heterocycles. The van der Waals surface area contributed by atoms with E-state index in [1.807, 2.05) is 6.92 Å². The summed E-state index contributed by atoms with van der Waals surface area (Å²) < 4.78 is 23.2. The molecule has 0 spiro atoms. The van der Waals surface area contributed by atoms with Crippen molar-refractivity contribution < 1.29 is 39.1 Å². The largest absolute Gasteiger partial charge is 0.394 e. The third-order valence-electron chi connectivity index (χ3n) is 10.8. The van der Waals surface area contributed by atoms with Gasteiger partial charge in [0.2, 0.25) is 0 Å². The maximum atomic E-state index is 17.5. The number of rotatable bonds is 3. The minimum Gasteiger partial charge on any atom is -0.394 e. The van der Waals surface area contributed by atoms with Crippen molar-refractivity contribution >= 4 is 11.6 Å². The molecule has 4 aliphatic carbocycles. The van der Waals surface area contributed by atoms with E-state index in [2.05, 4.69) is 13.8 Å². The Hall–Kier alpha value is -1.45. The second kappa shape index (κ2) is 8.53. The van der Waals surface area contributed by atoms with Crippen LogP contribution in [0.4, 0.5) is 4.39 Å². The van der Waals surface area contributed by atoms with Gasteiger partial charge in [-0.1, -0.05) is 25.5 Å². The smallest absolute Gasteiger partial charge is 0.184 e. The van der Waals surface area contributed by atoms with Crippen LogP contribution in [-0.2, 0) is 14.3 Å². The van der Waals surface area contributed by atoms with Crippen LogP contribution in [0.1, 0.15) is 59.8 Å². The highest BCUT2D eigenvalue weighted by Crippen LogP contribution is 2.70. The number of alkyl halides is 1. The second-order valence-corrected chi connectivity index (χ2v) is 12.5. The number of carbonyl (C=O) groups excluding carboxylic acids is 2. The molecule has 0 aromatic carbocycles. The lowest BCUT2D eigenvalue weighted by Gasteiger charge is -2.60. The van der Waals surface area contributed by atoms with E-state index in [4.69, 9.17) is 4.74 Å². The maximum absolute atomic E-state index is 17.5. The molecule has 200 valence electrons. The predicted molar refractivity (Wildman–Crippen MR) is 128 cm³/mol. The Balaban J connectivity index is 1.54. The lowest BCUT2D eigenvalue weighted by Crippen LogP contribution is -2.62. The minimum atomic E-state index is -1.65. The van der Waals surface area contributed by atoms with E-state index >= 15 is 4.39 Å². The zero-order valence-electron chi connectivity index (χ0n) is 21.5. The Morgan fingerprint density at radius 3 is 2.47 bits per heavy atom. The number of aliphatic hydroxyl groups excluding tert-OH is 4. The van der Waals surface area contributed by atoms with Crippen LogP contribution in [0.2, 0.25) is 0 Å². The maximum Gasteiger partial charge on any atom is 0.184 e. The van der Waals surface area contributed by atoms with Crippen molar-refractivity contribution in [2.75, 3.05) is 6.61 Å². The van der Waals surface area contributed by atoms with Crippen molar-refractivity contribution in [1.29, 1.82) is 0 Å². The number of ether oxygens (including phenoxy) is 1. The molecular weight excluding hydrogens is 467 g/mol. The molecule has 3 unspecified atom stereocenters. The summed E-state index contributed by atoms with van der Waals surface area (Å²) in [6.45, 7) is 7.11. The molecule has 8 heteroatoms. The SMILES string of the molecule is CC(=O)[C@H]1C(C)C[C@H]2[C@@H]3CCC4=CC(=O)C(C5O[C@H](CO)[C@H](O)[C@H](O)[C@H]5O)=C[C@]4(C)C3(F)CC[C@]12C. The molecular formula is C28H39FO7. The van der Waals surface area contributed by atoms with Gasteiger partial charge in [0.15, 0.2) is 5.78 Å². The molecule has 1 aliphatic heterocycles. The predicted octanol–water partition coefficient (Wildman–Crippen LogP) is 2.05. The van der Waals surface area contributed by atoms with Gasteiger partial charge >= 0.3 is 0 Å². The fourth-order valence-electron chi connectivity index (χ4n) is 9.02. The van der Waals surface area contributed by atoms with Gasteiger partial charge < -0.3 is 25.2 Å². The summed E-state index contributed by atoms with van der Waals surface area (Å²) in [7, 11) is 0. The summed E-state index contributed by atoms with van der Waals surface area (Å²) in [5.41, 5.74) is -2.25. The van der Waals surface area contributed by atoms with Gasteiger partial charge in [-0.2, -0.15) is 0 Å². The van der Waals surface area contributed by atoms with Gasteiger partial charge in [0.1, 0.15) is 42.0 Å². The molecule has 4 N–H and O–H groups in total. The lowest BCUT2D eigenvalue weighted by molar-refractivity contribution is -0.219. The fraction of sp³-hybridized carbons (Fsp3) is 0.786. The van der Waals surface area contributed by atoms with Crippen LogP contribution < -0.4 is 0 Å². The molecule has 0 bridgehead atoms. The quantitative estimate of drug-likeness (QED) is 0.462. The highest BCUT2D eigenvalue weighted by Gasteiger charge is 2.68. The normalized spacial score (nSPS) is 52.6. The van der Waals surface area contributed by atoms with Gasteiger partial charge in [0, 0.05) is 16.9 Å². The minimum absolute atomic E-state index is 0.0468. The van der Waals surface area contributed by atoms with E-state index in [1.54, 1.807) is 13.0 Å². The van der Waals surface area contributed by atoms with E-state index < -0.39 is 54.0 Å². The number of hydrogen-bond acceptors (Lipinski definition) is 7. The molecule has 12 atom stereocenters. The molecule has 0 aromatic rings. The number of halogens is 1. The summed E-state index contributed by atoms with van der Waals surface area (Å²) in [6, 6.07) is 0. The number of ketones is 2. The first-order valence-corrected chi connectivity index (χ1v) is 13.3. The van der Waals surface area contributed by atoms with Crippen molar-refractivity contribution in [3.8, 4) is 0 Å². The first-order chi connectivity index (χ1) is 16.8. The van der Waals surface area contributed by atoms with Crippen LogP contribution in [0.3, 0.4) is 0 Å². The Labute approximate surface area is 211 Å². The summed E-state index contributed by atoms with van der Waals surface area (Å²) >= 11 is 0.